The summed E-state index contributed by atoms with van der Waals surface area (Å²) in [4.78, 5) is 19.3. The molecule has 0 spiro atoms. The lowest BCUT2D eigenvalue weighted by molar-refractivity contribution is 0.0924. The summed E-state index contributed by atoms with van der Waals surface area (Å²) in [5.74, 6) is 0.648. The van der Waals surface area contributed by atoms with Gasteiger partial charge in [-0.25, -0.2) is 0 Å². The van der Waals surface area contributed by atoms with Crippen LogP contribution < -0.4 is 5.32 Å². The first-order valence-corrected chi connectivity index (χ1v) is 10.0. The van der Waals surface area contributed by atoms with Gasteiger partial charge in [0.1, 0.15) is 5.69 Å². The summed E-state index contributed by atoms with van der Waals surface area (Å²) in [6, 6.07) is 17.2. The van der Waals surface area contributed by atoms with Crippen LogP contribution in [0.4, 0.5) is 0 Å². The quantitative estimate of drug-likeness (QED) is 0.492. The number of rotatable bonds is 7. The fourth-order valence-electron chi connectivity index (χ4n) is 3.14. The standard InChI is InChI=1S/C22H22ClN5O2/c1-27(2)13-12-24-21(29)19-18(14-15-8-4-3-5-9-15)28-22(30-19)25-20(26-28)16-10-6-7-11-17(16)23/h3-11H,12-14H2,1-2H3,(H,24,29). The number of carbonyl (C=O) groups is 1. The van der Waals surface area contributed by atoms with Gasteiger partial charge in [0, 0.05) is 25.1 Å². The second-order valence-electron chi connectivity index (χ2n) is 7.21. The maximum absolute atomic E-state index is 12.8. The summed E-state index contributed by atoms with van der Waals surface area (Å²) in [7, 11) is 3.90. The van der Waals surface area contributed by atoms with Crippen molar-refractivity contribution in [3.63, 3.8) is 0 Å². The van der Waals surface area contributed by atoms with Crippen LogP contribution in [-0.2, 0) is 6.42 Å². The van der Waals surface area contributed by atoms with E-state index in [9.17, 15) is 4.79 Å². The van der Waals surface area contributed by atoms with Crippen molar-refractivity contribution in [1.29, 1.82) is 0 Å². The van der Waals surface area contributed by atoms with Crippen LogP contribution in [0.1, 0.15) is 21.8 Å². The fraction of sp³-hybridized carbons (Fsp3) is 0.227. The molecule has 4 aromatic rings. The Bertz CT molecular complexity index is 1170. The van der Waals surface area contributed by atoms with Crippen LogP contribution in [-0.4, -0.2) is 52.6 Å². The Morgan fingerprint density at radius 2 is 1.87 bits per heavy atom. The molecule has 0 saturated heterocycles. The number of hydrogen-bond acceptors (Lipinski definition) is 5. The number of carbonyl (C=O) groups excluding carboxylic acids is 1. The average molecular weight is 424 g/mol. The van der Waals surface area contributed by atoms with Gasteiger partial charge in [0.2, 0.25) is 5.76 Å². The third-order valence-electron chi connectivity index (χ3n) is 4.67. The molecule has 0 aliphatic rings. The largest absolute Gasteiger partial charge is 0.416 e. The molecule has 0 unspecified atom stereocenters. The maximum Gasteiger partial charge on any atom is 0.325 e. The van der Waals surface area contributed by atoms with Crippen molar-refractivity contribution in [3.8, 4) is 11.4 Å². The van der Waals surface area contributed by atoms with Gasteiger partial charge in [-0.05, 0) is 31.8 Å². The van der Waals surface area contributed by atoms with Crippen molar-refractivity contribution in [3.05, 3.63) is 76.6 Å². The molecule has 0 atom stereocenters. The molecular formula is C22H22ClN5O2. The van der Waals surface area contributed by atoms with Gasteiger partial charge in [0.15, 0.2) is 5.82 Å². The highest BCUT2D eigenvalue weighted by Gasteiger charge is 2.24. The number of benzene rings is 2. The van der Waals surface area contributed by atoms with Crippen molar-refractivity contribution in [2.75, 3.05) is 27.2 Å². The molecule has 0 fully saturated rings. The van der Waals surface area contributed by atoms with Crippen LogP contribution in [0.3, 0.4) is 0 Å². The topological polar surface area (TPSA) is 75.7 Å². The molecule has 0 radical (unpaired) electrons. The van der Waals surface area contributed by atoms with Gasteiger partial charge in [-0.15, -0.1) is 5.10 Å². The van der Waals surface area contributed by atoms with Gasteiger partial charge >= 0.3 is 5.84 Å². The third kappa shape index (κ3) is 4.22. The van der Waals surface area contributed by atoms with Crippen molar-refractivity contribution < 1.29 is 9.21 Å². The normalized spacial score (nSPS) is 11.3. The summed E-state index contributed by atoms with van der Waals surface area (Å²) >= 11 is 6.30. The summed E-state index contributed by atoms with van der Waals surface area (Å²) in [6.45, 7) is 1.24. The number of likely N-dealkylation sites (N-methyl/N-ethyl adjacent to an activating group) is 1. The van der Waals surface area contributed by atoms with E-state index in [1.165, 1.54) is 0 Å². The Balaban J connectivity index is 1.73. The third-order valence-corrected chi connectivity index (χ3v) is 5.00. The molecule has 0 aliphatic heterocycles. The summed E-state index contributed by atoms with van der Waals surface area (Å²) < 4.78 is 7.44. The van der Waals surface area contributed by atoms with Crippen molar-refractivity contribution in [1.82, 2.24) is 24.8 Å². The number of aromatic nitrogens is 3. The number of nitrogens with one attached hydrogen (secondary N) is 1. The molecule has 2 heterocycles. The molecule has 4 rings (SSSR count). The molecule has 2 aromatic carbocycles. The Kier molecular flexibility index (Phi) is 5.83. The maximum atomic E-state index is 12.8. The first-order chi connectivity index (χ1) is 14.5. The smallest absolute Gasteiger partial charge is 0.325 e. The molecule has 7 nitrogen and oxygen atoms in total. The van der Waals surface area contributed by atoms with E-state index in [4.69, 9.17) is 16.0 Å². The zero-order valence-corrected chi connectivity index (χ0v) is 17.6. The van der Waals surface area contributed by atoms with E-state index in [-0.39, 0.29) is 17.5 Å². The molecule has 0 aliphatic carbocycles. The monoisotopic (exact) mass is 423 g/mol. The zero-order chi connectivity index (χ0) is 21.1. The van der Waals surface area contributed by atoms with Gasteiger partial charge in [-0.2, -0.15) is 9.50 Å². The van der Waals surface area contributed by atoms with Gasteiger partial charge in [-0.1, -0.05) is 54.1 Å². The van der Waals surface area contributed by atoms with E-state index in [1.54, 1.807) is 10.6 Å². The minimum atomic E-state index is -0.283. The Hall–Kier alpha value is -3.16. The second-order valence-corrected chi connectivity index (χ2v) is 7.62. The predicted molar refractivity (Wildman–Crippen MR) is 116 cm³/mol. The van der Waals surface area contributed by atoms with Gasteiger partial charge in [-0.3, -0.25) is 4.79 Å². The van der Waals surface area contributed by atoms with Crippen LogP contribution in [0.25, 0.3) is 17.2 Å². The number of nitrogens with zero attached hydrogens (tertiary/aromatic N) is 4. The summed E-state index contributed by atoms with van der Waals surface area (Å²) in [6.07, 6.45) is 0.482. The highest BCUT2D eigenvalue weighted by atomic mass is 35.5. The van der Waals surface area contributed by atoms with Crippen molar-refractivity contribution in [2.45, 2.75) is 6.42 Å². The van der Waals surface area contributed by atoms with Crippen LogP contribution in [0.2, 0.25) is 5.02 Å². The van der Waals surface area contributed by atoms with Crippen molar-refractivity contribution >= 4 is 23.4 Å². The number of oxazole rings is 1. The van der Waals surface area contributed by atoms with E-state index in [2.05, 4.69) is 15.4 Å². The first kappa shape index (κ1) is 20.1. The molecule has 2 aromatic heterocycles. The van der Waals surface area contributed by atoms with Crippen LogP contribution >= 0.6 is 11.6 Å². The van der Waals surface area contributed by atoms with E-state index < -0.39 is 0 Å². The Morgan fingerprint density at radius 3 is 2.60 bits per heavy atom. The average Bonchev–Trinajstić information content (AvgIpc) is 3.28. The molecule has 30 heavy (non-hydrogen) atoms. The SMILES string of the molecule is CN(C)CCNC(=O)c1oc2nc(-c3ccccc3Cl)nn2c1Cc1ccccc1. The van der Waals surface area contributed by atoms with Gasteiger partial charge in [0.05, 0.1) is 5.02 Å². The number of halogens is 1. The zero-order valence-electron chi connectivity index (χ0n) is 16.8. The van der Waals surface area contributed by atoms with Gasteiger partial charge in [0.25, 0.3) is 5.91 Å². The number of amides is 1. The predicted octanol–water partition coefficient (Wildman–Crippen LogP) is 3.52. The van der Waals surface area contributed by atoms with Crippen LogP contribution in [0, 0.1) is 0 Å². The minimum Gasteiger partial charge on any atom is -0.416 e. The highest BCUT2D eigenvalue weighted by Crippen LogP contribution is 2.27. The Morgan fingerprint density at radius 1 is 1.13 bits per heavy atom. The van der Waals surface area contributed by atoms with Crippen LogP contribution in [0.5, 0.6) is 0 Å². The lowest BCUT2D eigenvalue weighted by atomic mass is 10.1. The fourth-order valence-corrected chi connectivity index (χ4v) is 3.36. The molecule has 1 amide bonds. The molecule has 0 bridgehead atoms. The highest BCUT2D eigenvalue weighted by molar-refractivity contribution is 6.33. The second kappa shape index (κ2) is 8.69. The van der Waals surface area contributed by atoms with E-state index in [1.807, 2.05) is 67.5 Å². The lowest BCUT2D eigenvalue weighted by Crippen LogP contribution is -2.31. The molecule has 8 heteroatoms. The molecule has 1 N–H and O–H groups in total. The molecular weight excluding hydrogens is 402 g/mol. The first-order valence-electron chi connectivity index (χ1n) is 9.63. The van der Waals surface area contributed by atoms with Crippen molar-refractivity contribution in [2.24, 2.45) is 0 Å². The van der Waals surface area contributed by atoms with Crippen LogP contribution in [0.15, 0.2) is 59.0 Å². The van der Waals surface area contributed by atoms with E-state index in [0.717, 1.165) is 12.1 Å². The summed E-state index contributed by atoms with van der Waals surface area (Å²) in [5.41, 5.74) is 2.39. The summed E-state index contributed by atoms with van der Waals surface area (Å²) in [5, 5.41) is 8.04. The lowest BCUT2D eigenvalue weighted by Gasteiger charge is -2.10. The number of hydrogen-bond donors (Lipinski definition) is 1. The number of fused-ring (bicyclic) bond motifs is 1. The minimum absolute atomic E-state index is 0.221. The Labute approximate surface area is 179 Å². The van der Waals surface area contributed by atoms with E-state index >= 15 is 0 Å². The van der Waals surface area contributed by atoms with Gasteiger partial charge < -0.3 is 14.6 Å². The molecule has 154 valence electrons. The molecule has 0 saturated carbocycles. The van der Waals surface area contributed by atoms with E-state index in [0.29, 0.717) is 35.1 Å².